The molecule has 0 bridgehead atoms. The van der Waals surface area contributed by atoms with Gasteiger partial charge >= 0.3 is 0 Å². The Morgan fingerprint density at radius 2 is 1.38 bits per heavy atom. The molecule has 2 unspecified atom stereocenters. The van der Waals surface area contributed by atoms with E-state index in [-0.39, 0.29) is 5.38 Å². The van der Waals surface area contributed by atoms with Crippen molar-refractivity contribution in [1.29, 1.82) is 0 Å². The fourth-order valence-corrected chi connectivity index (χ4v) is 2.73. The Morgan fingerprint density at radius 1 is 0.857 bits per heavy atom. The van der Waals surface area contributed by atoms with Crippen molar-refractivity contribution in [3.8, 4) is 11.1 Å². The summed E-state index contributed by atoms with van der Waals surface area (Å²) in [6.07, 6.45) is 1.01. The van der Waals surface area contributed by atoms with Crippen LogP contribution in [0.25, 0.3) is 11.1 Å². The van der Waals surface area contributed by atoms with E-state index in [0.717, 1.165) is 6.42 Å². The molecule has 1 heteroatoms. The first-order chi connectivity index (χ1) is 9.88. The third-order valence-corrected chi connectivity index (χ3v) is 4.85. The molecule has 0 aliphatic heterocycles. The van der Waals surface area contributed by atoms with Crippen molar-refractivity contribution < 1.29 is 0 Å². The molecule has 2 rings (SSSR count). The molecule has 0 N–H and O–H groups in total. The van der Waals surface area contributed by atoms with E-state index >= 15 is 0 Å². The molecule has 0 nitrogen and oxygen atoms in total. The minimum atomic E-state index is 0.0871. The molecule has 0 aliphatic carbocycles. The van der Waals surface area contributed by atoms with Gasteiger partial charge in [0.25, 0.3) is 0 Å². The standard InChI is InChI=1S/C20H25Cl/c1-15(20(2,3)4)14-19(21)18-12-10-17(11-13-18)16-8-6-5-7-9-16/h5-13,15,19H,14H2,1-4H3. The number of halogens is 1. The normalized spacial score (nSPS) is 14.7. The topological polar surface area (TPSA) is 0 Å². The van der Waals surface area contributed by atoms with Gasteiger partial charge in [-0.1, -0.05) is 82.3 Å². The summed E-state index contributed by atoms with van der Waals surface area (Å²) in [5.74, 6) is 0.591. The number of alkyl halides is 1. The van der Waals surface area contributed by atoms with Gasteiger partial charge in [0.15, 0.2) is 0 Å². The second-order valence-corrected chi connectivity index (χ2v) is 7.49. The van der Waals surface area contributed by atoms with Crippen molar-refractivity contribution in [3.63, 3.8) is 0 Å². The van der Waals surface area contributed by atoms with Crippen LogP contribution < -0.4 is 0 Å². The lowest BCUT2D eigenvalue weighted by Gasteiger charge is -2.29. The zero-order valence-corrected chi connectivity index (χ0v) is 14.2. The minimum Gasteiger partial charge on any atom is -0.118 e. The highest BCUT2D eigenvalue weighted by Crippen LogP contribution is 2.36. The highest BCUT2D eigenvalue weighted by Gasteiger charge is 2.23. The van der Waals surface area contributed by atoms with Crippen LogP contribution in [0.4, 0.5) is 0 Å². The SMILES string of the molecule is CC(CC(Cl)c1ccc(-c2ccccc2)cc1)C(C)(C)C. The fourth-order valence-electron chi connectivity index (χ4n) is 2.32. The van der Waals surface area contributed by atoms with Crippen LogP contribution in [0.3, 0.4) is 0 Å². The Balaban J connectivity index is 2.09. The molecule has 0 spiro atoms. The van der Waals surface area contributed by atoms with E-state index in [1.54, 1.807) is 0 Å². The molecule has 0 saturated carbocycles. The number of hydrogen-bond acceptors (Lipinski definition) is 0. The summed E-state index contributed by atoms with van der Waals surface area (Å²) in [7, 11) is 0. The molecule has 2 atom stereocenters. The quantitative estimate of drug-likeness (QED) is 0.551. The molecule has 0 aromatic heterocycles. The second-order valence-electron chi connectivity index (χ2n) is 6.96. The molecule has 0 fully saturated rings. The molecule has 0 amide bonds. The van der Waals surface area contributed by atoms with Gasteiger partial charge in [-0.05, 0) is 34.4 Å². The van der Waals surface area contributed by atoms with Gasteiger partial charge in [-0.25, -0.2) is 0 Å². The summed E-state index contributed by atoms with van der Waals surface area (Å²) < 4.78 is 0. The lowest BCUT2D eigenvalue weighted by atomic mass is 9.79. The first-order valence-corrected chi connectivity index (χ1v) is 8.11. The summed E-state index contributed by atoms with van der Waals surface area (Å²) >= 11 is 6.61. The molecule has 0 aliphatic rings. The van der Waals surface area contributed by atoms with Gasteiger partial charge in [0.05, 0.1) is 5.38 Å². The van der Waals surface area contributed by atoms with Gasteiger partial charge in [-0.2, -0.15) is 0 Å². The van der Waals surface area contributed by atoms with E-state index in [1.165, 1.54) is 16.7 Å². The molecule has 2 aromatic carbocycles. The molecule has 0 saturated heterocycles. The summed E-state index contributed by atoms with van der Waals surface area (Å²) in [6.45, 7) is 9.12. The summed E-state index contributed by atoms with van der Waals surface area (Å²) in [5, 5.41) is 0.0871. The largest absolute Gasteiger partial charge is 0.118 e. The summed E-state index contributed by atoms with van der Waals surface area (Å²) in [6, 6.07) is 19.1. The van der Waals surface area contributed by atoms with Crippen LogP contribution in [0.2, 0.25) is 0 Å². The maximum Gasteiger partial charge on any atom is 0.0588 e. The zero-order valence-electron chi connectivity index (χ0n) is 13.4. The van der Waals surface area contributed by atoms with E-state index in [0.29, 0.717) is 11.3 Å². The molecule has 0 heterocycles. The number of rotatable bonds is 4. The van der Waals surface area contributed by atoms with Gasteiger partial charge in [0.2, 0.25) is 0 Å². The Bertz CT molecular complexity index is 549. The van der Waals surface area contributed by atoms with Crippen molar-refractivity contribution in [2.75, 3.05) is 0 Å². The van der Waals surface area contributed by atoms with Crippen LogP contribution in [0.5, 0.6) is 0 Å². The Kier molecular flexibility index (Phi) is 5.11. The molecule has 21 heavy (non-hydrogen) atoms. The van der Waals surface area contributed by atoms with E-state index in [4.69, 9.17) is 11.6 Å². The van der Waals surface area contributed by atoms with E-state index in [9.17, 15) is 0 Å². The molecule has 2 aromatic rings. The second kappa shape index (κ2) is 6.66. The van der Waals surface area contributed by atoms with Crippen LogP contribution in [0.1, 0.15) is 45.1 Å². The smallest absolute Gasteiger partial charge is 0.0588 e. The van der Waals surface area contributed by atoms with E-state index in [1.807, 2.05) is 6.07 Å². The van der Waals surface area contributed by atoms with Gasteiger partial charge in [0, 0.05) is 0 Å². The first-order valence-electron chi connectivity index (χ1n) is 7.67. The van der Waals surface area contributed by atoms with Crippen LogP contribution in [0, 0.1) is 11.3 Å². The highest BCUT2D eigenvalue weighted by molar-refractivity contribution is 6.20. The van der Waals surface area contributed by atoms with E-state index in [2.05, 4.69) is 76.2 Å². The van der Waals surface area contributed by atoms with Crippen LogP contribution >= 0.6 is 11.6 Å². The minimum absolute atomic E-state index is 0.0871. The van der Waals surface area contributed by atoms with Gasteiger partial charge in [0.1, 0.15) is 0 Å². The predicted molar refractivity (Wildman–Crippen MR) is 93.7 cm³/mol. The van der Waals surface area contributed by atoms with E-state index < -0.39 is 0 Å². The third kappa shape index (κ3) is 4.35. The Morgan fingerprint density at radius 3 is 1.90 bits per heavy atom. The lowest BCUT2D eigenvalue weighted by Crippen LogP contribution is -2.18. The van der Waals surface area contributed by atoms with Crippen molar-refractivity contribution in [2.24, 2.45) is 11.3 Å². The predicted octanol–water partition coefficient (Wildman–Crippen LogP) is 6.71. The average Bonchev–Trinajstić information content (AvgIpc) is 2.47. The monoisotopic (exact) mass is 300 g/mol. The number of benzene rings is 2. The van der Waals surface area contributed by atoms with Gasteiger partial charge < -0.3 is 0 Å². The van der Waals surface area contributed by atoms with Crippen molar-refractivity contribution >= 4 is 11.6 Å². The Hall–Kier alpha value is -1.27. The van der Waals surface area contributed by atoms with Crippen molar-refractivity contribution in [2.45, 2.75) is 39.5 Å². The maximum absolute atomic E-state index is 6.61. The molecule has 112 valence electrons. The average molecular weight is 301 g/mol. The maximum atomic E-state index is 6.61. The van der Waals surface area contributed by atoms with Crippen molar-refractivity contribution in [1.82, 2.24) is 0 Å². The zero-order chi connectivity index (χ0) is 15.5. The van der Waals surface area contributed by atoms with Crippen molar-refractivity contribution in [3.05, 3.63) is 60.2 Å². The van der Waals surface area contributed by atoms with Gasteiger partial charge in [-0.15, -0.1) is 11.6 Å². The first kappa shape index (κ1) is 16.1. The number of hydrogen-bond donors (Lipinski definition) is 0. The van der Waals surface area contributed by atoms with Crippen LogP contribution in [-0.4, -0.2) is 0 Å². The van der Waals surface area contributed by atoms with Crippen LogP contribution in [0.15, 0.2) is 54.6 Å². The third-order valence-electron chi connectivity index (χ3n) is 4.42. The highest BCUT2D eigenvalue weighted by atomic mass is 35.5. The molecular formula is C20H25Cl. The molecular weight excluding hydrogens is 276 g/mol. The van der Waals surface area contributed by atoms with Gasteiger partial charge in [-0.3, -0.25) is 0 Å². The Labute approximate surface area is 134 Å². The van der Waals surface area contributed by atoms with Crippen LogP contribution in [-0.2, 0) is 0 Å². The molecule has 0 radical (unpaired) electrons. The summed E-state index contributed by atoms with van der Waals surface area (Å²) in [5.41, 5.74) is 4.01. The summed E-state index contributed by atoms with van der Waals surface area (Å²) in [4.78, 5) is 0. The lowest BCUT2D eigenvalue weighted by molar-refractivity contribution is 0.245. The fraction of sp³-hybridized carbons (Fsp3) is 0.400.